The number of para-hydroxylation sites is 1. The predicted octanol–water partition coefficient (Wildman–Crippen LogP) is 3.86. The van der Waals surface area contributed by atoms with Crippen LogP contribution in [0.5, 0.6) is 5.75 Å². The minimum Gasteiger partial charge on any atom is -0.493 e. The molecule has 3 heteroatoms. The Morgan fingerprint density at radius 2 is 1.89 bits per heavy atom. The van der Waals surface area contributed by atoms with Gasteiger partial charge in [-0.15, -0.1) is 0 Å². The number of hydrogen-bond acceptors (Lipinski definition) is 2. The molecule has 0 spiro atoms. The zero-order chi connectivity index (χ0) is 13.0. The molecule has 0 aliphatic carbocycles. The number of rotatable bonds is 4. The molecule has 0 saturated heterocycles. The summed E-state index contributed by atoms with van der Waals surface area (Å²) in [5.41, 5.74) is 7.96. The highest BCUT2D eigenvalue weighted by atomic mass is 19.1. The zero-order valence-electron chi connectivity index (χ0n) is 10.3. The Bertz CT molecular complexity index is 540. The number of hydrogen-bond donors (Lipinski definition) is 1. The van der Waals surface area contributed by atoms with E-state index in [4.69, 9.17) is 10.5 Å². The molecule has 2 N–H and O–H groups in total. The maximum atomic E-state index is 13.1. The van der Waals surface area contributed by atoms with Crippen molar-refractivity contribution in [1.82, 2.24) is 0 Å². The molecule has 2 rings (SSSR count). The second-order valence-electron chi connectivity index (χ2n) is 4.08. The van der Waals surface area contributed by atoms with Gasteiger partial charge in [-0.1, -0.05) is 25.1 Å². The van der Waals surface area contributed by atoms with Crippen molar-refractivity contribution in [3.05, 3.63) is 48.3 Å². The van der Waals surface area contributed by atoms with Gasteiger partial charge in [-0.3, -0.25) is 0 Å². The van der Waals surface area contributed by atoms with E-state index in [1.54, 1.807) is 6.07 Å². The molecule has 0 saturated carbocycles. The van der Waals surface area contributed by atoms with E-state index in [1.807, 2.05) is 24.3 Å². The number of benzene rings is 2. The second-order valence-corrected chi connectivity index (χ2v) is 4.08. The molecule has 2 aromatic rings. The van der Waals surface area contributed by atoms with Crippen molar-refractivity contribution in [2.24, 2.45) is 0 Å². The summed E-state index contributed by atoms with van der Waals surface area (Å²) in [4.78, 5) is 0. The monoisotopic (exact) mass is 245 g/mol. The van der Waals surface area contributed by atoms with Crippen molar-refractivity contribution in [1.29, 1.82) is 0 Å². The molecule has 0 bridgehead atoms. The van der Waals surface area contributed by atoms with Crippen LogP contribution in [0.3, 0.4) is 0 Å². The summed E-state index contributed by atoms with van der Waals surface area (Å²) < 4.78 is 18.7. The molecule has 0 radical (unpaired) electrons. The number of halogens is 1. The normalized spacial score (nSPS) is 10.3. The number of nitrogens with two attached hydrogens (primary N) is 1. The molecule has 2 aromatic carbocycles. The molecular formula is C15H16FNO. The summed E-state index contributed by atoms with van der Waals surface area (Å²) in [6.45, 7) is 2.70. The topological polar surface area (TPSA) is 35.2 Å². The highest BCUT2D eigenvalue weighted by Crippen LogP contribution is 2.33. The molecule has 0 fully saturated rings. The maximum absolute atomic E-state index is 13.1. The molecule has 0 unspecified atom stereocenters. The third-order valence-corrected chi connectivity index (χ3v) is 2.65. The van der Waals surface area contributed by atoms with Crippen LogP contribution in [-0.4, -0.2) is 6.61 Å². The lowest BCUT2D eigenvalue weighted by molar-refractivity contribution is 0.319. The van der Waals surface area contributed by atoms with Crippen LogP contribution in [0.15, 0.2) is 42.5 Å². The van der Waals surface area contributed by atoms with Crippen LogP contribution in [0.2, 0.25) is 0 Å². The van der Waals surface area contributed by atoms with Gasteiger partial charge in [0.05, 0.1) is 6.61 Å². The van der Waals surface area contributed by atoms with Gasteiger partial charge >= 0.3 is 0 Å². The van der Waals surface area contributed by atoms with Crippen LogP contribution in [0, 0.1) is 5.82 Å². The van der Waals surface area contributed by atoms with Crippen molar-refractivity contribution >= 4 is 5.69 Å². The van der Waals surface area contributed by atoms with E-state index >= 15 is 0 Å². The largest absolute Gasteiger partial charge is 0.493 e. The van der Waals surface area contributed by atoms with E-state index < -0.39 is 0 Å². The van der Waals surface area contributed by atoms with Crippen molar-refractivity contribution in [3.8, 4) is 16.9 Å². The lowest BCUT2D eigenvalue weighted by Crippen LogP contribution is -1.98. The average Bonchev–Trinajstić information content (AvgIpc) is 2.37. The Labute approximate surface area is 106 Å². The first-order valence-corrected chi connectivity index (χ1v) is 5.99. The predicted molar refractivity (Wildman–Crippen MR) is 72.0 cm³/mol. The molecule has 18 heavy (non-hydrogen) atoms. The van der Waals surface area contributed by atoms with Crippen LogP contribution < -0.4 is 10.5 Å². The highest BCUT2D eigenvalue weighted by Gasteiger charge is 2.09. The maximum Gasteiger partial charge on any atom is 0.127 e. The first-order chi connectivity index (χ1) is 8.72. The van der Waals surface area contributed by atoms with E-state index in [0.29, 0.717) is 12.3 Å². The Hall–Kier alpha value is -2.03. The van der Waals surface area contributed by atoms with E-state index in [9.17, 15) is 4.39 Å². The first-order valence-electron chi connectivity index (χ1n) is 5.99. The Balaban J connectivity index is 2.43. The van der Waals surface area contributed by atoms with Crippen LogP contribution in [-0.2, 0) is 0 Å². The Morgan fingerprint density at radius 1 is 1.11 bits per heavy atom. The summed E-state index contributed by atoms with van der Waals surface area (Å²) in [5.74, 6) is 0.445. The molecular weight excluding hydrogens is 229 g/mol. The van der Waals surface area contributed by atoms with Gasteiger partial charge in [-0.05, 0) is 30.7 Å². The van der Waals surface area contributed by atoms with Crippen LogP contribution in [0.4, 0.5) is 10.1 Å². The molecule has 0 amide bonds. The van der Waals surface area contributed by atoms with Gasteiger partial charge in [0.15, 0.2) is 0 Å². The highest BCUT2D eigenvalue weighted by molar-refractivity contribution is 5.80. The lowest BCUT2D eigenvalue weighted by Gasteiger charge is -2.12. The third-order valence-electron chi connectivity index (χ3n) is 2.65. The molecule has 0 aliphatic heterocycles. The summed E-state index contributed by atoms with van der Waals surface area (Å²) in [6.07, 6.45) is 0.938. The summed E-state index contributed by atoms with van der Waals surface area (Å²) >= 11 is 0. The van der Waals surface area contributed by atoms with Gasteiger partial charge in [0.25, 0.3) is 0 Å². The van der Waals surface area contributed by atoms with Crippen molar-refractivity contribution < 1.29 is 9.13 Å². The molecule has 0 heterocycles. The summed E-state index contributed by atoms with van der Waals surface area (Å²) in [5, 5.41) is 0. The van der Waals surface area contributed by atoms with Crippen LogP contribution in [0.25, 0.3) is 11.1 Å². The van der Waals surface area contributed by atoms with E-state index in [0.717, 1.165) is 23.3 Å². The molecule has 0 atom stereocenters. The number of anilines is 1. The first kappa shape index (κ1) is 12.4. The van der Waals surface area contributed by atoms with Crippen molar-refractivity contribution in [2.75, 3.05) is 12.3 Å². The molecule has 0 aliphatic rings. The van der Waals surface area contributed by atoms with Crippen molar-refractivity contribution in [2.45, 2.75) is 13.3 Å². The summed E-state index contributed by atoms with van der Waals surface area (Å²) in [6, 6.07) is 12.1. The third kappa shape index (κ3) is 2.62. The molecule has 0 aromatic heterocycles. The van der Waals surface area contributed by atoms with E-state index in [2.05, 4.69) is 6.92 Å². The average molecular weight is 245 g/mol. The van der Waals surface area contributed by atoms with Crippen LogP contribution >= 0.6 is 0 Å². The van der Waals surface area contributed by atoms with Crippen molar-refractivity contribution in [3.63, 3.8) is 0 Å². The fraction of sp³-hybridized carbons (Fsp3) is 0.200. The number of nitrogen functional groups attached to an aromatic ring is 1. The Kier molecular flexibility index (Phi) is 3.82. The van der Waals surface area contributed by atoms with E-state index in [1.165, 1.54) is 12.1 Å². The SMILES string of the molecule is CCCOc1ccccc1-c1ccc(F)cc1N. The van der Waals surface area contributed by atoms with E-state index in [-0.39, 0.29) is 5.82 Å². The summed E-state index contributed by atoms with van der Waals surface area (Å²) in [7, 11) is 0. The van der Waals surface area contributed by atoms with Gasteiger partial charge in [0, 0.05) is 16.8 Å². The van der Waals surface area contributed by atoms with Gasteiger partial charge in [-0.25, -0.2) is 4.39 Å². The fourth-order valence-electron chi connectivity index (χ4n) is 1.81. The van der Waals surface area contributed by atoms with Gasteiger partial charge in [0.2, 0.25) is 0 Å². The molecule has 2 nitrogen and oxygen atoms in total. The van der Waals surface area contributed by atoms with Gasteiger partial charge < -0.3 is 10.5 Å². The zero-order valence-corrected chi connectivity index (χ0v) is 10.3. The van der Waals surface area contributed by atoms with Gasteiger partial charge in [0.1, 0.15) is 11.6 Å². The molecule has 94 valence electrons. The minimum atomic E-state index is -0.330. The Morgan fingerprint density at radius 3 is 2.61 bits per heavy atom. The standard InChI is InChI=1S/C15H16FNO/c1-2-9-18-15-6-4-3-5-13(15)12-8-7-11(16)10-14(12)17/h3-8,10H,2,9,17H2,1H3. The van der Waals surface area contributed by atoms with Gasteiger partial charge in [-0.2, -0.15) is 0 Å². The number of ether oxygens (including phenoxy) is 1. The lowest BCUT2D eigenvalue weighted by atomic mass is 10.0. The second kappa shape index (κ2) is 5.54. The quantitative estimate of drug-likeness (QED) is 0.830. The fourth-order valence-corrected chi connectivity index (χ4v) is 1.81. The van der Waals surface area contributed by atoms with Crippen LogP contribution in [0.1, 0.15) is 13.3 Å². The minimum absolute atomic E-state index is 0.330. The smallest absolute Gasteiger partial charge is 0.127 e.